The van der Waals surface area contributed by atoms with Crippen molar-refractivity contribution in [1.82, 2.24) is 19.9 Å². The number of benzene rings is 1. The van der Waals surface area contributed by atoms with Crippen molar-refractivity contribution in [3.05, 3.63) is 41.2 Å². The van der Waals surface area contributed by atoms with Gasteiger partial charge in [0.2, 0.25) is 0 Å². The van der Waals surface area contributed by atoms with Gasteiger partial charge in [-0.05, 0) is 17.7 Å². The molecule has 18 heavy (non-hydrogen) atoms. The molecule has 1 aliphatic rings. The summed E-state index contributed by atoms with van der Waals surface area (Å²) < 4.78 is 1.63. The number of hydrogen-bond donors (Lipinski definition) is 1. The molecule has 2 aromatic rings. The Balaban J connectivity index is 1.84. The largest absolute Gasteiger partial charge is 0.399 e. The van der Waals surface area contributed by atoms with Crippen molar-refractivity contribution < 1.29 is 4.79 Å². The topological polar surface area (TPSA) is 77.0 Å². The second-order valence-corrected chi connectivity index (χ2v) is 4.46. The van der Waals surface area contributed by atoms with Crippen LogP contribution >= 0.6 is 0 Å². The Morgan fingerprint density at radius 2 is 2.28 bits per heavy atom. The molecule has 1 aromatic carbocycles. The molecule has 0 atom stereocenters. The van der Waals surface area contributed by atoms with Gasteiger partial charge < -0.3 is 10.6 Å². The molecule has 92 valence electrons. The van der Waals surface area contributed by atoms with Gasteiger partial charge in [0.25, 0.3) is 5.91 Å². The zero-order valence-corrected chi connectivity index (χ0v) is 10.00. The molecule has 0 aliphatic carbocycles. The summed E-state index contributed by atoms with van der Waals surface area (Å²) in [7, 11) is 1.80. The fourth-order valence-corrected chi connectivity index (χ4v) is 2.17. The normalized spacial score (nSPS) is 14.1. The summed E-state index contributed by atoms with van der Waals surface area (Å²) in [6.45, 7) is 1.08. The number of hydrogen-bond acceptors (Lipinski definition) is 4. The maximum absolute atomic E-state index is 12.2. The van der Waals surface area contributed by atoms with E-state index in [2.05, 4.69) is 10.3 Å². The fourth-order valence-electron chi connectivity index (χ4n) is 2.17. The van der Waals surface area contributed by atoms with E-state index in [0.29, 0.717) is 24.3 Å². The van der Waals surface area contributed by atoms with Gasteiger partial charge in [-0.2, -0.15) is 0 Å². The van der Waals surface area contributed by atoms with Crippen molar-refractivity contribution in [1.29, 1.82) is 0 Å². The molecule has 6 heteroatoms. The molecule has 1 aliphatic heterocycles. The van der Waals surface area contributed by atoms with Gasteiger partial charge in [0.05, 0.1) is 6.54 Å². The summed E-state index contributed by atoms with van der Waals surface area (Å²) in [4.78, 5) is 13.9. The summed E-state index contributed by atoms with van der Waals surface area (Å²) in [5.74, 6) is 0.00273. The number of carbonyl (C=O) groups is 1. The lowest BCUT2D eigenvalue weighted by molar-refractivity contribution is 0.0764. The van der Waals surface area contributed by atoms with Crippen LogP contribution < -0.4 is 5.73 Å². The van der Waals surface area contributed by atoms with Crippen LogP contribution in [0.15, 0.2) is 24.4 Å². The zero-order chi connectivity index (χ0) is 12.7. The highest BCUT2D eigenvalue weighted by atomic mass is 16.2. The van der Waals surface area contributed by atoms with Crippen molar-refractivity contribution in [3.8, 4) is 0 Å². The minimum Gasteiger partial charge on any atom is -0.399 e. The molecular formula is C12H13N5O. The van der Waals surface area contributed by atoms with Gasteiger partial charge in [0.15, 0.2) is 0 Å². The highest BCUT2D eigenvalue weighted by Crippen LogP contribution is 2.25. The summed E-state index contributed by atoms with van der Waals surface area (Å²) in [6.07, 6.45) is 1.81. The number of rotatable bonds is 2. The number of aryl methyl sites for hydroxylation is 1. The van der Waals surface area contributed by atoms with Crippen molar-refractivity contribution in [2.24, 2.45) is 7.05 Å². The average Bonchev–Trinajstić information content (AvgIpc) is 2.86. The van der Waals surface area contributed by atoms with Gasteiger partial charge in [-0.15, -0.1) is 5.10 Å². The third-order valence-electron chi connectivity index (χ3n) is 3.02. The Hall–Kier alpha value is -2.37. The van der Waals surface area contributed by atoms with Gasteiger partial charge >= 0.3 is 0 Å². The molecule has 2 heterocycles. The van der Waals surface area contributed by atoms with Crippen LogP contribution in [0.5, 0.6) is 0 Å². The molecule has 6 nitrogen and oxygen atoms in total. The SMILES string of the molecule is Cn1cc(CN2Cc3ccc(N)cc3C2=O)nn1. The Bertz CT molecular complexity index is 619. The molecule has 0 unspecified atom stereocenters. The first-order valence-electron chi connectivity index (χ1n) is 5.66. The summed E-state index contributed by atoms with van der Waals surface area (Å²) in [6, 6.07) is 5.45. The lowest BCUT2D eigenvalue weighted by Gasteiger charge is -2.12. The van der Waals surface area contributed by atoms with Crippen molar-refractivity contribution >= 4 is 11.6 Å². The number of nitrogens with two attached hydrogens (primary N) is 1. The average molecular weight is 243 g/mol. The van der Waals surface area contributed by atoms with Gasteiger partial charge in [-0.3, -0.25) is 9.48 Å². The second-order valence-electron chi connectivity index (χ2n) is 4.46. The second kappa shape index (κ2) is 3.83. The number of carbonyl (C=O) groups excluding carboxylic acids is 1. The number of fused-ring (bicyclic) bond motifs is 1. The lowest BCUT2D eigenvalue weighted by Crippen LogP contribution is -2.23. The number of nitrogens with zero attached hydrogens (tertiary/aromatic N) is 4. The first-order chi connectivity index (χ1) is 8.63. The Morgan fingerprint density at radius 3 is 3.00 bits per heavy atom. The predicted molar refractivity (Wildman–Crippen MR) is 65.4 cm³/mol. The first kappa shape index (κ1) is 10.8. The van der Waals surface area contributed by atoms with E-state index in [9.17, 15) is 4.79 Å². The molecule has 1 aromatic heterocycles. The molecule has 0 fully saturated rings. The molecular weight excluding hydrogens is 230 g/mol. The molecule has 0 spiro atoms. The molecule has 0 radical (unpaired) electrons. The quantitative estimate of drug-likeness (QED) is 0.781. The van der Waals surface area contributed by atoms with Crippen molar-refractivity contribution in [2.45, 2.75) is 13.1 Å². The molecule has 0 saturated heterocycles. The molecule has 3 rings (SSSR count). The van der Waals surface area contributed by atoms with Crippen LogP contribution in [0.3, 0.4) is 0 Å². The van der Waals surface area contributed by atoms with E-state index in [0.717, 1.165) is 11.3 Å². The van der Waals surface area contributed by atoms with Crippen molar-refractivity contribution in [2.75, 3.05) is 5.73 Å². The minimum absolute atomic E-state index is 0.00273. The maximum Gasteiger partial charge on any atom is 0.254 e. The summed E-state index contributed by atoms with van der Waals surface area (Å²) in [5, 5.41) is 7.84. The highest BCUT2D eigenvalue weighted by Gasteiger charge is 2.27. The molecule has 0 saturated carbocycles. The van der Waals surface area contributed by atoms with E-state index < -0.39 is 0 Å². The number of nitrogen functional groups attached to an aromatic ring is 1. The molecule has 2 N–H and O–H groups in total. The maximum atomic E-state index is 12.2. The van der Waals surface area contributed by atoms with Crippen molar-refractivity contribution in [3.63, 3.8) is 0 Å². The van der Waals surface area contributed by atoms with E-state index >= 15 is 0 Å². The third kappa shape index (κ3) is 1.71. The standard InChI is InChI=1S/C12H13N5O/c1-16-6-10(14-15-16)7-17-5-8-2-3-9(13)4-11(8)12(17)18/h2-4,6H,5,7,13H2,1H3. The first-order valence-corrected chi connectivity index (χ1v) is 5.66. The third-order valence-corrected chi connectivity index (χ3v) is 3.02. The van der Waals surface area contributed by atoms with E-state index in [1.54, 1.807) is 22.7 Å². The number of aromatic nitrogens is 3. The minimum atomic E-state index is 0.00273. The Labute approximate surface area is 104 Å². The summed E-state index contributed by atoms with van der Waals surface area (Å²) in [5.41, 5.74) is 8.80. The van der Waals surface area contributed by atoms with Crippen LogP contribution in [-0.4, -0.2) is 25.8 Å². The van der Waals surface area contributed by atoms with E-state index in [1.807, 2.05) is 18.3 Å². The Kier molecular flexibility index (Phi) is 2.29. The molecule has 0 bridgehead atoms. The zero-order valence-electron chi connectivity index (χ0n) is 10.00. The number of amides is 1. The van der Waals surface area contributed by atoms with Crippen LogP contribution in [0, 0.1) is 0 Å². The van der Waals surface area contributed by atoms with E-state index in [1.165, 1.54) is 0 Å². The predicted octanol–water partition coefficient (Wildman–Crippen LogP) is 0.553. The van der Waals surface area contributed by atoms with Gasteiger partial charge in [-0.25, -0.2) is 0 Å². The highest BCUT2D eigenvalue weighted by molar-refractivity contribution is 5.99. The molecule has 1 amide bonds. The van der Waals surface area contributed by atoms with E-state index in [-0.39, 0.29) is 5.91 Å². The monoisotopic (exact) mass is 243 g/mol. The lowest BCUT2D eigenvalue weighted by atomic mass is 10.1. The van der Waals surface area contributed by atoms with Crippen LogP contribution in [0.4, 0.5) is 5.69 Å². The number of anilines is 1. The van der Waals surface area contributed by atoms with Crippen LogP contribution in [0.2, 0.25) is 0 Å². The van der Waals surface area contributed by atoms with E-state index in [4.69, 9.17) is 5.73 Å². The van der Waals surface area contributed by atoms with Gasteiger partial charge in [-0.1, -0.05) is 11.3 Å². The Morgan fingerprint density at radius 1 is 1.44 bits per heavy atom. The summed E-state index contributed by atoms with van der Waals surface area (Å²) >= 11 is 0. The van der Waals surface area contributed by atoms with Gasteiger partial charge in [0.1, 0.15) is 5.69 Å². The van der Waals surface area contributed by atoms with Crippen LogP contribution in [0.25, 0.3) is 0 Å². The van der Waals surface area contributed by atoms with Crippen LogP contribution in [-0.2, 0) is 20.1 Å². The smallest absolute Gasteiger partial charge is 0.254 e. The fraction of sp³-hybridized carbons (Fsp3) is 0.250. The van der Waals surface area contributed by atoms with Gasteiger partial charge in [0, 0.05) is 31.0 Å². The van der Waals surface area contributed by atoms with Crippen LogP contribution in [0.1, 0.15) is 21.6 Å².